The molecule has 0 saturated heterocycles. The van der Waals surface area contributed by atoms with Crippen molar-refractivity contribution in [1.29, 1.82) is 0 Å². The van der Waals surface area contributed by atoms with Crippen molar-refractivity contribution in [2.24, 2.45) is 5.92 Å². The second-order valence-corrected chi connectivity index (χ2v) is 7.84. The molecule has 9 heteroatoms. The maximum Gasteiger partial charge on any atom is 0.338 e. The summed E-state index contributed by atoms with van der Waals surface area (Å²) in [6.07, 6.45) is 0.811. The zero-order chi connectivity index (χ0) is 20.7. The highest BCUT2D eigenvalue weighted by molar-refractivity contribution is 7.99. The zero-order valence-corrected chi connectivity index (χ0v) is 16.9. The summed E-state index contributed by atoms with van der Waals surface area (Å²) in [6, 6.07) is 4.05. The Morgan fingerprint density at radius 3 is 2.71 bits per heavy atom. The molecule has 0 radical (unpaired) electrons. The fourth-order valence-corrected chi connectivity index (χ4v) is 3.56. The van der Waals surface area contributed by atoms with Crippen LogP contribution < -0.4 is 10.6 Å². The van der Waals surface area contributed by atoms with Crippen LogP contribution in [-0.2, 0) is 23.9 Å². The Balaban J connectivity index is 1.95. The molecule has 0 unspecified atom stereocenters. The minimum absolute atomic E-state index is 0.116. The van der Waals surface area contributed by atoms with Gasteiger partial charge in [0.1, 0.15) is 6.04 Å². The molecule has 8 nitrogen and oxygen atoms in total. The van der Waals surface area contributed by atoms with Crippen LogP contribution in [0.1, 0.15) is 37.0 Å². The number of hydrogen-bond donors (Lipinski definition) is 2. The number of methoxy groups -OCH3 is 1. The molecule has 28 heavy (non-hydrogen) atoms. The maximum absolute atomic E-state index is 12.2. The number of nitrogens with one attached hydrogen (secondary N) is 2. The Kier molecular flexibility index (Phi) is 7.86. The van der Waals surface area contributed by atoms with Gasteiger partial charge in [-0.3, -0.25) is 9.59 Å². The number of rotatable bonds is 7. The first-order valence-corrected chi connectivity index (χ1v) is 9.89. The van der Waals surface area contributed by atoms with E-state index in [1.807, 2.05) is 13.8 Å². The van der Waals surface area contributed by atoms with Crippen LogP contribution >= 0.6 is 11.8 Å². The molecule has 2 amide bonds. The summed E-state index contributed by atoms with van der Waals surface area (Å²) in [5.41, 5.74) is 0.773. The van der Waals surface area contributed by atoms with Crippen molar-refractivity contribution in [1.82, 2.24) is 5.32 Å². The summed E-state index contributed by atoms with van der Waals surface area (Å²) in [7, 11) is 1.25. The van der Waals surface area contributed by atoms with Crippen molar-refractivity contribution < 1.29 is 28.7 Å². The van der Waals surface area contributed by atoms with Gasteiger partial charge in [0.15, 0.2) is 6.61 Å². The number of anilines is 1. The predicted octanol–water partition coefficient (Wildman–Crippen LogP) is 1.98. The third-order valence-electron chi connectivity index (χ3n) is 3.94. The van der Waals surface area contributed by atoms with Gasteiger partial charge in [0.05, 0.1) is 18.4 Å². The Labute approximate surface area is 167 Å². The average Bonchev–Trinajstić information content (AvgIpc) is 2.84. The van der Waals surface area contributed by atoms with E-state index in [0.717, 1.165) is 4.90 Å². The number of hydrogen-bond acceptors (Lipinski definition) is 7. The summed E-state index contributed by atoms with van der Waals surface area (Å²) < 4.78 is 9.72. The molecule has 1 aliphatic heterocycles. The molecule has 1 atom stereocenters. The smallest absolute Gasteiger partial charge is 0.338 e. The molecule has 0 bridgehead atoms. The summed E-state index contributed by atoms with van der Waals surface area (Å²) in [5.74, 6) is -1.12. The van der Waals surface area contributed by atoms with Gasteiger partial charge in [-0.05, 0) is 30.5 Å². The van der Waals surface area contributed by atoms with E-state index in [9.17, 15) is 19.2 Å². The molecule has 1 aliphatic rings. The molecule has 0 aromatic heterocycles. The monoisotopic (exact) mass is 408 g/mol. The lowest BCUT2D eigenvalue weighted by atomic mass is 10.0. The van der Waals surface area contributed by atoms with Gasteiger partial charge in [0.2, 0.25) is 5.91 Å². The normalized spacial score (nSPS) is 14.4. The van der Waals surface area contributed by atoms with Crippen LogP contribution in [0, 0.1) is 5.92 Å². The van der Waals surface area contributed by atoms with E-state index in [0.29, 0.717) is 24.3 Å². The Morgan fingerprint density at radius 2 is 2.04 bits per heavy atom. The molecular weight excluding hydrogens is 384 g/mol. The standard InChI is InChI=1S/C19H24N2O6S/c1-11(2)8-14(19(25)26-3)21-17(23)10-27-18(24)12-4-5-15-13(9-12)20-16(22)6-7-28-15/h4-5,9,11,14H,6-8,10H2,1-3H3,(H,20,22)(H,21,23)/t14-/m1/s1. The Bertz CT molecular complexity index is 765. The van der Waals surface area contributed by atoms with Gasteiger partial charge in [-0.2, -0.15) is 0 Å². The molecule has 1 heterocycles. The van der Waals surface area contributed by atoms with Crippen molar-refractivity contribution in [2.75, 3.05) is 24.8 Å². The van der Waals surface area contributed by atoms with Crippen molar-refractivity contribution in [3.8, 4) is 0 Å². The van der Waals surface area contributed by atoms with Gasteiger partial charge in [0.25, 0.3) is 5.91 Å². The minimum Gasteiger partial charge on any atom is -0.467 e. The number of esters is 2. The largest absolute Gasteiger partial charge is 0.467 e. The number of fused-ring (bicyclic) bond motifs is 1. The predicted molar refractivity (Wildman–Crippen MR) is 104 cm³/mol. The van der Waals surface area contributed by atoms with Gasteiger partial charge in [0, 0.05) is 17.1 Å². The minimum atomic E-state index is -0.795. The highest BCUT2D eigenvalue weighted by Gasteiger charge is 2.23. The SMILES string of the molecule is COC(=O)[C@@H](CC(C)C)NC(=O)COC(=O)c1ccc2c(c1)NC(=O)CCS2. The van der Waals surface area contributed by atoms with E-state index in [2.05, 4.69) is 15.4 Å². The Morgan fingerprint density at radius 1 is 1.29 bits per heavy atom. The van der Waals surface area contributed by atoms with Gasteiger partial charge < -0.3 is 20.1 Å². The number of thioether (sulfide) groups is 1. The van der Waals surface area contributed by atoms with E-state index in [-0.39, 0.29) is 17.4 Å². The van der Waals surface area contributed by atoms with Crippen LogP contribution in [0.3, 0.4) is 0 Å². The molecule has 0 aliphatic carbocycles. The first-order valence-electron chi connectivity index (χ1n) is 8.91. The lowest BCUT2D eigenvalue weighted by molar-refractivity contribution is -0.145. The lowest BCUT2D eigenvalue weighted by Crippen LogP contribution is -2.44. The molecule has 0 fully saturated rings. The van der Waals surface area contributed by atoms with Crippen LogP contribution in [0.5, 0.6) is 0 Å². The summed E-state index contributed by atoms with van der Waals surface area (Å²) in [4.78, 5) is 48.6. The number of benzene rings is 1. The van der Waals surface area contributed by atoms with Crippen molar-refractivity contribution >= 4 is 41.2 Å². The van der Waals surface area contributed by atoms with Crippen LogP contribution in [0.2, 0.25) is 0 Å². The van der Waals surface area contributed by atoms with E-state index in [1.54, 1.807) is 12.1 Å². The van der Waals surface area contributed by atoms with Gasteiger partial charge in [-0.15, -0.1) is 11.8 Å². The van der Waals surface area contributed by atoms with Crippen molar-refractivity contribution in [2.45, 2.75) is 37.6 Å². The van der Waals surface area contributed by atoms with Crippen molar-refractivity contribution in [3.05, 3.63) is 23.8 Å². The van der Waals surface area contributed by atoms with Crippen LogP contribution in [0.25, 0.3) is 0 Å². The summed E-state index contributed by atoms with van der Waals surface area (Å²) in [6.45, 7) is 3.30. The quantitative estimate of drug-likeness (QED) is 0.664. The number of carbonyl (C=O) groups is 4. The molecule has 0 saturated carbocycles. The molecule has 1 aromatic carbocycles. The second-order valence-electron chi connectivity index (χ2n) is 6.71. The van der Waals surface area contributed by atoms with Gasteiger partial charge in [-0.25, -0.2) is 9.59 Å². The first kappa shape index (κ1) is 21.7. The van der Waals surface area contributed by atoms with Crippen LogP contribution in [-0.4, -0.2) is 49.3 Å². The van der Waals surface area contributed by atoms with E-state index in [1.165, 1.54) is 24.9 Å². The Hall–Kier alpha value is -2.55. The third-order valence-corrected chi connectivity index (χ3v) is 5.01. The molecular formula is C19H24N2O6S. The third kappa shape index (κ3) is 6.26. The second kappa shape index (κ2) is 10.1. The molecule has 1 aromatic rings. The van der Waals surface area contributed by atoms with Crippen LogP contribution in [0.15, 0.2) is 23.1 Å². The zero-order valence-electron chi connectivity index (χ0n) is 16.1. The first-order chi connectivity index (χ1) is 13.3. The van der Waals surface area contributed by atoms with E-state index >= 15 is 0 Å². The van der Waals surface area contributed by atoms with E-state index < -0.39 is 30.5 Å². The number of amides is 2. The topological polar surface area (TPSA) is 111 Å². The van der Waals surface area contributed by atoms with Crippen LogP contribution in [0.4, 0.5) is 5.69 Å². The molecule has 152 valence electrons. The fraction of sp³-hybridized carbons (Fsp3) is 0.474. The molecule has 2 N–H and O–H groups in total. The highest BCUT2D eigenvalue weighted by atomic mass is 32.2. The lowest BCUT2D eigenvalue weighted by Gasteiger charge is -2.18. The fourth-order valence-electron chi connectivity index (χ4n) is 2.63. The van der Waals surface area contributed by atoms with Gasteiger partial charge >= 0.3 is 11.9 Å². The number of ether oxygens (including phenoxy) is 2. The molecule has 2 rings (SSSR count). The summed E-state index contributed by atoms with van der Waals surface area (Å²) >= 11 is 1.52. The highest BCUT2D eigenvalue weighted by Crippen LogP contribution is 2.31. The number of carbonyl (C=O) groups excluding carboxylic acids is 4. The molecule has 0 spiro atoms. The van der Waals surface area contributed by atoms with E-state index in [4.69, 9.17) is 4.74 Å². The summed E-state index contributed by atoms with van der Waals surface area (Å²) in [5, 5.41) is 5.27. The van der Waals surface area contributed by atoms with Gasteiger partial charge in [-0.1, -0.05) is 13.8 Å². The average molecular weight is 408 g/mol. The maximum atomic E-state index is 12.2. The van der Waals surface area contributed by atoms with Crippen molar-refractivity contribution in [3.63, 3.8) is 0 Å².